The molecule has 0 spiro atoms. The molecule has 10 aromatic rings. The van der Waals surface area contributed by atoms with Crippen LogP contribution in [-0.4, -0.2) is 14.5 Å². The molecule has 210 valence electrons. The summed E-state index contributed by atoms with van der Waals surface area (Å²) in [6.07, 6.45) is 0. The van der Waals surface area contributed by atoms with E-state index in [1.807, 2.05) is 59.2 Å². The van der Waals surface area contributed by atoms with E-state index < -0.39 is 6.04 Å². The zero-order valence-corrected chi connectivity index (χ0v) is 23.8. The molecule has 0 N–H and O–H groups in total. The zero-order chi connectivity index (χ0) is 36.6. The van der Waals surface area contributed by atoms with Gasteiger partial charge in [0.15, 0.2) is 0 Å². The lowest BCUT2D eigenvalue weighted by Crippen LogP contribution is -2.03. The zero-order valence-electron chi connectivity index (χ0n) is 31.8. The van der Waals surface area contributed by atoms with Crippen LogP contribution in [0.4, 0.5) is 0 Å². The molecule has 0 aliphatic rings. The van der Waals surface area contributed by atoms with Crippen LogP contribution in [0.3, 0.4) is 0 Å². The monoisotopic (exact) mass is 583 g/mol. The summed E-state index contributed by atoms with van der Waals surface area (Å²) >= 11 is 0. The van der Waals surface area contributed by atoms with Gasteiger partial charge in [-0.2, -0.15) is 0 Å². The molecule has 3 heterocycles. The Bertz CT molecular complexity index is 3300. The second kappa shape index (κ2) is 9.01. The number of rotatable bonds is 2. The Balaban J connectivity index is 1.40. The average molecular weight is 584 g/mol. The fraction of sp³-hybridized carbons (Fsp3) is 0.0244. The Labute approximate surface area is 269 Å². The molecular weight excluding hydrogens is 550 g/mol. The van der Waals surface area contributed by atoms with Crippen molar-refractivity contribution in [3.8, 4) is 17.2 Å². The molecule has 0 unspecified atom stereocenters. The molecule has 0 bridgehead atoms. The van der Waals surface area contributed by atoms with Crippen LogP contribution < -0.4 is 0 Å². The minimum Gasteiger partial charge on any atom is -0.455 e. The highest BCUT2D eigenvalue weighted by Crippen LogP contribution is 2.41. The third kappa shape index (κ3) is 3.48. The van der Waals surface area contributed by atoms with Crippen molar-refractivity contribution in [1.29, 1.82) is 0 Å². The maximum atomic E-state index is 9.35. The van der Waals surface area contributed by atoms with Crippen molar-refractivity contribution in [2.45, 2.75) is 6.92 Å². The van der Waals surface area contributed by atoms with Crippen molar-refractivity contribution in [2.75, 3.05) is 0 Å². The number of aromatic nitrogens is 3. The highest BCUT2D eigenvalue weighted by molar-refractivity contribution is 6.20. The fourth-order valence-electron chi connectivity index (χ4n) is 6.56. The summed E-state index contributed by atoms with van der Waals surface area (Å²) in [6.45, 7) is 1.55. The number of hydrogen-bond donors (Lipinski definition) is 0. The smallest absolute Gasteiger partial charge is 0.235 e. The highest BCUT2D eigenvalue weighted by atomic mass is 16.3. The van der Waals surface area contributed by atoms with Gasteiger partial charge in [0.05, 0.1) is 33.2 Å². The van der Waals surface area contributed by atoms with Crippen molar-refractivity contribution >= 4 is 76.2 Å². The number of nitrogens with zero attached hydrogens (tertiary/aromatic N) is 3. The van der Waals surface area contributed by atoms with E-state index in [2.05, 4.69) is 30.3 Å². The predicted molar refractivity (Wildman–Crippen MR) is 186 cm³/mol. The van der Waals surface area contributed by atoms with Crippen LogP contribution in [0.1, 0.15) is 16.5 Å². The second-order valence-electron chi connectivity index (χ2n) is 11.2. The van der Waals surface area contributed by atoms with E-state index in [0.717, 1.165) is 32.6 Å². The van der Waals surface area contributed by atoms with Crippen molar-refractivity contribution in [3.63, 3.8) is 0 Å². The molecule has 0 amide bonds. The van der Waals surface area contributed by atoms with Crippen LogP contribution in [0, 0.1) is 6.92 Å². The first-order valence-electron chi connectivity index (χ1n) is 18.6. The summed E-state index contributed by atoms with van der Waals surface area (Å²) in [5.41, 5.74) is 2.81. The van der Waals surface area contributed by atoms with Crippen LogP contribution in [0.15, 0.2) is 138 Å². The Morgan fingerprint density at radius 1 is 0.644 bits per heavy atom. The number of benzene rings is 7. The van der Waals surface area contributed by atoms with E-state index in [9.17, 15) is 2.74 Å². The van der Waals surface area contributed by atoms with E-state index in [0.29, 0.717) is 16.9 Å². The first-order chi connectivity index (χ1) is 25.6. The van der Waals surface area contributed by atoms with Crippen LogP contribution in [0.2, 0.25) is 0 Å². The molecule has 0 radical (unpaired) electrons. The minimum atomic E-state index is -0.419. The molecular formula is C41H25N3O. The molecule has 4 heteroatoms. The average Bonchev–Trinajstić information content (AvgIpc) is 3.72. The Kier molecular flexibility index (Phi) is 3.59. The first kappa shape index (κ1) is 18.0. The van der Waals surface area contributed by atoms with Crippen molar-refractivity contribution in [2.24, 2.45) is 0 Å². The van der Waals surface area contributed by atoms with Gasteiger partial charge in [-0.3, -0.25) is 4.57 Å². The molecule has 45 heavy (non-hydrogen) atoms. The van der Waals surface area contributed by atoms with Gasteiger partial charge in [0.2, 0.25) is 5.95 Å². The third-order valence-corrected chi connectivity index (χ3v) is 8.57. The lowest BCUT2D eigenvalue weighted by atomic mass is 9.98. The van der Waals surface area contributed by atoms with E-state index in [1.165, 1.54) is 0 Å². The van der Waals surface area contributed by atoms with E-state index in [1.54, 1.807) is 6.92 Å². The molecule has 7 aromatic carbocycles. The second-order valence-corrected chi connectivity index (χ2v) is 11.2. The van der Waals surface area contributed by atoms with E-state index in [-0.39, 0.29) is 91.8 Å². The van der Waals surface area contributed by atoms with Crippen molar-refractivity contribution in [1.82, 2.24) is 14.5 Å². The van der Waals surface area contributed by atoms with Crippen LogP contribution in [0.25, 0.3) is 93.4 Å². The molecule has 0 saturated heterocycles. The summed E-state index contributed by atoms with van der Waals surface area (Å²) < 4.78 is 79.8. The Hall–Kier alpha value is -6.00. The van der Waals surface area contributed by atoms with Gasteiger partial charge >= 0.3 is 0 Å². The Morgan fingerprint density at radius 3 is 2.33 bits per heavy atom. The van der Waals surface area contributed by atoms with Crippen LogP contribution in [-0.2, 0) is 0 Å². The summed E-state index contributed by atoms with van der Waals surface area (Å²) in [6, 6.07) is 25.3. The molecule has 0 atom stereocenters. The quantitative estimate of drug-likeness (QED) is 0.203. The van der Waals surface area contributed by atoms with Gasteiger partial charge in [-0.1, -0.05) is 96.4 Å². The van der Waals surface area contributed by atoms with Gasteiger partial charge in [0.1, 0.15) is 11.2 Å². The number of fused-ring (bicyclic) bond motifs is 10. The summed E-state index contributed by atoms with van der Waals surface area (Å²) in [5, 5.41) is 4.92. The summed E-state index contributed by atoms with van der Waals surface area (Å²) in [7, 11) is 0. The van der Waals surface area contributed by atoms with Gasteiger partial charge in [-0.15, -0.1) is 0 Å². The van der Waals surface area contributed by atoms with Gasteiger partial charge in [-0.05, 0) is 65.5 Å². The van der Waals surface area contributed by atoms with Crippen LogP contribution >= 0.6 is 0 Å². The molecule has 0 fully saturated rings. The van der Waals surface area contributed by atoms with Crippen LogP contribution in [0.5, 0.6) is 0 Å². The maximum absolute atomic E-state index is 9.35. The van der Waals surface area contributed by atoms with Gasteiger partial charge in [0.25, 0.3) is 0 Å². The topological polar surface area (TPSA) is 43.9 Å². The standard InChI is InChI=1S/C41H25N3O/c1-24-17-18-25-19-20-31-38-30(13-8-16-37(38)45-40(31)32(25)21-24)39-29-12-4-6-14-34(29)42-41(43-39)44-35-15-7-5-11-28(35)33-22-26-9-2-3-10-27(26)23-36(33)44/h2-23H,1H3/i8D,13D,16D,17D,18D,19D,20D,21D. The van der Waals surface area contributed by atoms with Crippen molar-refractivity contribution in [3.05, 3.63) is 139 Å². The van der Waals surface area contributed by atoms with Gasteiger partial charge in [-0.25, -0.2) is 9.97 Å². The van der Waals surface area contributed by atoms with Gasteiger partial charge < -0.3 is 4.42 Å². The fourth-order valence-corrected chi connectivity index (χ4v) is 6.56. The van der Waals surface area contributed by atoms with E-state index >= 15 is 0 Å². The lowest BCUT2D eigenvalue weighted by Gasteiger charge is -2.12. The minimum absolute atomic E-state index is 0.00906. The Morgan fingerprint density at radius 2 is 1.42 bits per heavy atom. The molecule has 4 nitrogen and oxygen atoms in total. The SMILES string of the molecule is [2H]c1c([2H])c(-c2nc(-n3c4ccccc4c4cc5ccccc5cc43)nc3ccccc23)c2c(oc3c4c([2H])c(C)c([2H])c([2H])c4c([2H])c([2H])c32)c1[2H]. The lowest BCUT2D eigenvalue weighted by molar-refractivity contribution is 0.672. The number of hydrogen-bond acceptors (Lipinski definition) is 3. The third-order valence-electron chi connectivity index (χ3n) is 8.57. The van der Waals surface area contributed by atoms with Gasteiger partial charge in [0, 0.05) is 37.9 Å². The van der Waals surface area contributed by atoms with E-state index in [4.69, 9.17) is 22.6 Å². The largest absolute Gasteiger partial charge is 0.455 e. The van der Waals surface area contributed by atoms with Crippen molar-refractivity contribution < 1.29 is 15.4 Å². The number of para-hydroxylation sites is 2. The molecule has 0 aliphatic carbocycles. The molecule has 0 saturated carbocycles. The predicted octanol–water partition coefficient (Wildman–Crippen LogP) is 10.9. The maximum Gasteiger partial charge on any atom is 0.235 e. The molecule has 0 aliphatic heterocycles. The molecule has 10 rings (SSSR count). The normalized spacial score (nSPS) is 14.6. The highest BCUT2D eigenvalue weighted by Gasteiger charge is 2.21. The molecule has 3 aromatic heterocycles. The summed E-state index contributed by atoms with van der Waals surface area (Å²) in [4.78, 5) is 10.2. The first-order valence-corrected chi connectivity index (χ1v) is 14.6. The summed E-state index contributed by atoms with van der Waals surface area (Å²) in [5.74, 6) is 0.311. The number of furan rings is 1.